The first-order valence-corrected chi connectivity index (χ1v) is 8.87. The van der Waals surface area contributed by atoms with Gasteiger partial charge in [-0.2, -0.15) is 4.98 Å². The van der Waals surface area contributed by atoms with Crippen LogP contribution < -0.4 is 19.9 Å². The quantitative estimate of drug-likeness (QED) is 0.781. The molecule has 1 N–H and O–H groups in total. The summed E-state index contributed by atoms with van der Waals surface area (Å²) in [6.07, 6.45) is 0. The summed E-state index contributed by atoms with van der Waals surface area (Å²) in [6, 6.07) is 16.3. The molecule has 2 aromatic carbocycles. The Morgan fingerprint density at radius 3 is 2.27 bits per heavy atom. The van der Waals surface area contributed by atoms with Crippen LogP contribution in [0.1, 0.15) is 0 Å². The van der Waals surface area contributed by atoms with E-state index in [2.05, 4.69) is 27.2 Å². The molecular formula is C20H23N5O. The molecule has 1 aliphatic rings. The third kappa shape index (κ3) is 3.10. The van der Waals surface area contributed by atoms with E-state index in [9.17, 15) is 0 Å². The zero-order chi connectivity index (χ0) is 17.9. The van der Waals surface area contributed by atoms with E-state index in [-0.39, 0.29) is 0 Å². The number of hydrogen-bond acceptors (Lipinski definition) is 6. The Bertz CT molecular complexity index is 888. The molecule has 26 heavy (non-hydrogen) atoms. The molecule has 0 atom stereocenters. The third-order valence-electron chi connectivity index (χ3n) is 4.83. The smallest absolute Gasteiger partial charge is 0.228 e. The van der Waals surface area contributed by atoms with Crippen LogP contribution in [0.3, 0.4) is 0 Å². The third-order valence-corrected chi connectivity index (χ3v) is 4.83. The lowest BCUT2D eigenvalue weighted by atomic mass is 10.2. The van der Waals surface area contributed by atoms with Gasteiger partial charge in [-0.25, -0.2) is 4.98 Å². The standard InChI is InChI=1S/C20H23N5O/c1-21-19-17-5-3-4-6-18(17)22-20(23-19)25-13-11-24(12-14-25)15-7-9-16(26-2)10-8-15/h3-10H,11-14H2,1-2H3,(H,21,22,23). The molecule has 0 amide bonds. The number of hydrogen-bond donors (Lipinski definition) is 1. The summed E-state index contributed by atoms with van der Waals surface area (Å²) in [4.78, 5) is 14.1. The Morgan fingerprint density at radius 2 is 1.58 bits per heavy atom. The molecule has 0 bridgehead atoms. The molecule has 2 heterocycles. The van der Waals surface area contributed by atoms with E-state index in [1.54, 1.807) is 7.11 Å². The predicted molar refractivity (Wildman–Crippen MR) is 107 cm³/mol. The van der Waals surface area contributed by atoms with Crippen molar-refractivity contribution in [2.45, 2.75) is 0 Å². The molecule has 0 spiro atoms. The summed E-state index contributed by atoms with van der Waals surface area (Å²) < 4.78 is 5.24. The fraction of sp³-hybridized carbons (Fsp3) is 0.300. The van der Waals surface area contributed by atoms with Gasteiger partial charge in [0, 0.05) is 44.3 Å². The summed E-state index contributed by atoms with van der Waals surface area (Å²) >= 11 is 0. The van der Waals surface area contributed by atoms with Gasteiger partial charge in [-0.3, -0.25) is 0 Å². The molecule has 6 nitrogen and oxygen atoms in total. The van der Waals surface area contributed by atoms with Crippen molar-refractivity contribution in [3.63, 3.8) is 0 Å². The van der Waals surface area contributed by atoms with Gasteiger partial charge >= 0.3 is 0 Å². The molecule has 1 fully saturated rings. The van der Waals surface area contributed by atoms with Gasteiger partial charge in [0.05, 0.1) is 12.6 Å². The fourth-order valence-corrected chi connectivity index (χ4v) is 3.35. The Hall–Kier alpha value is -3.02. The van der Waals surface area contributed by atoms with Crippen LogP contribution in [0.25, 0.3) is 10.9 Å². The van der Waals surface area contributed by atoms with Gasteiger partial charge in [0.2, 0.25) is 5.95 Å². The van der Waals surface area contributed by atoms with Crippen molar-refractivity contribution in [2.75, 3.05) is 55.5 Å². The number of nitrogens with one attached hydrogen (secondary N) is 1. The highest BCUT2D eigenvalue weighted by atomic mass is 16.5. The average molecular weight is 349 g/mol. The number of rotatable bonds is 4. The Morgan fingerprint density at radius 1 is 0.885 bits per heavy atom. The van der Waals surface area contributed by atoms with E-state index in [0.29, 0.717) is 0 Å². The molecular weight excluding hydrogens is 326 g/mol. The van der Waals surface area contributed by atoms with Crippen LogP contribution >= 0.6 is 0 Å². The molecule has 0 saturated carbocycles. The number of nitrogens with zero attached hydrogens (tertiary/aromatic N) is 4. The van der Waals surface area contributed by atoms with Crippen LogP contribution in [-0.2, 0) is 0 Å². The van der Waals surface area contributed by atoms with E-state index in [1.807, 2.05) is 43.4 Å². The van der Waals surface area contributed by atoms with Crippen molar-refractivity contribution in [1.82, 2.24) is 9.97 Å². The zero-order valence-electron chi connectivity index (χ0n) is 15.1. The lowest BCUT2D eigenvalue weighted by Crippen LogP contribution is -2.47. The number of benzene rings is 2. The topological polar surface area (TPSA) is 53.5 Å². The van der Waals surface area contributed by atoms with Crippen molar-refractivity contribution in [3.05, 3.63) is 48.5 Å². The van der Waals surface area contributed by atoms with Crippen molar-refractivity contribution in [3.8, 4) is 5.75 Å². The van der Waals surface area contributed by atoms with Crippen molar-refractivity contribution < 1.29 is 4.74 Å². The van der Waals surface area contributed by atoms with Crippen molar-refractivity contribution in [2.24, 2.45) is 0 Å². The minimum atomic E-state index is 0.794. The number of fused-ring (bicyclic) bond motifs is 1. The normalized spacial score (nSPS) is 14.5. The monoisotopic (exact) mass is 349 g/mol. The highest BCUT2D eigenvalue weighted by Gasteiger charge is 2.20. The van der Waals surface area contributed by atoms with Crippen LogP contribution in [-0.4, -0.2) is 50.3 Å². The summed E-state index contributed by atoms with van der Waals surface area (Å²) in [5, 5.41) is 4.25. The molecule has 4 rings (SSSR count). The van der Waals surface area contributed by atoms with Crippen LogP contribution in [0.15, 0.2) is 48.5 Å². The van der Waals surface area contributed by atoms with Crippen molar-refractivity contribution in [1.29, 1.82) is 0 Å². The first-order valence-electron chi connectivity index (χ1n) is 8.87. The largest absolute Gasteiger partial charge is 0.497 e. The van der Waals surface area contributed by atoms with E-state index < -0.39 is 0 Å². The first kappa shape index (κ1) is 16.4. The maximum atomic E-state index is 5.24. The SMILES string of the molecule is CNc1nc(N2CCN(c3ccc(OC)cc3)CC2)nc2ccccc12. The Kier molecular flexibility index (Phi) is 4.48. The number of methoxy groups -OCH3 is 1. The van der Waals surface area contributed by atoms with Crippen LogP contribution in [0.5, 0.6) is 5.75 Å². The minimum absolute atomic E-state index is 0.794. The van der Waals surface area contributed by atoms with Gasteiger partial charge < -0.3 is 19.9 Å². The second-order valence-electron chi connectivity index (χ2n) is 6.31. The number of anilines is 3. The van der Waals surface area contributed by atoms with E-state index in [1.165, 1.54) is 5.69 Å². The van der Waals surface area contributed by atoms with Gasteiger partial charge in [0.25, 0.3) is 0 Å². The average Bonchev–Trinajstić information content (AvgIpc) is 2.73. The molecule has 1 aliphatic heterocycles. The van der Waals surface area contributed by atoms with E-state index >= 15 is 0 Å². The van der Waals surface area contributed by atoms with Crippen LogP contribution in [0, 0.1) is 0 Å². The highest BCUT2D eigenvalue weighted by Crippen LogP contribution is 2.25. The molecule has 134 valence electrons. The molecule has 0 aliphatic carbocycles. The van der Waals surface area contributed by atoms with Gasteiger partial charge in [-0.15, -0.1) is 0 Å². The maximum Gasteiger partial charge on any atom is 0.228 e. The summed E-state index contributed by atoms with van der Waals surface area (Å²) in [5.41, 5.74) is 2.19. The molecule has 0 radical (unpaired) electrons. The molecule has 3 aromatic rings. The highest BCUT2D eigenvalue weighted by molar-refractivity contribution is 5.90. The first-order chi connectivity index (χ1) is 12.8. The second-order valence-corrected chi connectivity index (χ2v) is 6.31. The number of aromatic nitrogens is 2. The van der Waals surface area contributed by atoms with Crippen molar-refractivity contribution >= 4 is 28.4 Å². The zero-order valence-corrected chi connectivity index (χ0v) is 15.1. The molecule has 1 aromatic heterocycles. The Balaban J connectivity index is 1.51. The van der Waals surface area contributed by atoms with Crippen LogP contribution in [0.2, 0.25) is 0 Å². The van der Waals surface area contributed by atoms with Crippen LogP contribution in [0.4, 0.5) is 17.5 Å². The van der Waals surface area contributed by atoms with Gasteiger partial charge in [0.15, 0.2) is 0 Å². The summed E-state index contributed by atoms with van der Waals surface area (Å²) in [6.45, 7) is 3.68. The maximum absolute atomic E-state index is 5.24. The number of piperazine rings is 1. The lowest BCUT2D eigenvalue weighted by Gasteiger charge is -2.36. The number of ether oxygens (including phenoxy) is 1. The molecule has 1 saturated heterocycles. The fourth-order valence-electron chi connectivity index (χ4n) is 3.35. The van der Waals surface area contributed by atoms with E-state index in [0.717, 1.165) is 54.6 Å². The molecule has 6 heteroatoms. The molecule has 0 unspecified atom stereocenters. The van der Waals surface area contributed by atoms with E-state index in [4.69, 9.17) is 14.7 Å². The number of para-hydroxylation sites is 1. The summed E-state index contributed by atoms with van der Waals surface area (Å²) in [7, 11) is 3.59. The predicted octanol–water partition coefficient (Wildman–Crippen LogP) is 3.01. The summed E-state index contributed by atoms with van der Waals surface area (Å²) in [5.74, 6) is 2.56. The van der Waals surface area contributed by atoms with Gasteiger partial charge in [0.1, 0.15) is 11.6 Å². The Labute approximate surface area is 153 Å². The van der Waals surface area contributed by atoms with Gasteiger partial charge in [-0.05, 0) is 36.4 Å². The van der Waals surface area contributed by atoms with Gasteiger partial charge in [-0.1, -0.05) is 12.1 Å². The lowest BCUT2D eigenvalue weighted by molar-refractivity contribution is 0.415. The second kappa shape index (κ2) is 7.07. The minimum Gasteiger partial charge on any atom is -0.497 e.